The molecule has 1 heterocycles. The van der Waals surface area contributed by atoms with Crippen molar-refractivity contribution in [1.29, 1.82) is 0 Å². The standard InChI is InChI=1S/C31H54O9Si/c1-10-11-12-13-14-16-26(34)39-28-23(20-27(35)37-7)19-25(40-31(28,36)30(5,6)17-15-18-32)21-24(33)22-38-41(8,9)29(2,3)4/h15,17-18,20,24-25,28,33,36H,10-14,16,19,21-22H2,1-9H3/b17-15+,23-20+/t24-,25+,28+,31-/m1/s1. The van der Waals surface area contributed by atoms with E-state index in [1.165, 1.54) is 25.3 Å². The normalized spacial score (nSPS) is 23.9. The van der Waals surface area contributed by atoms with Gasteiger partial charge in [-0.1, -0.05) is 73.3 Å². The van der Waals surface area contributed by atoms with E-state index >= 15 is 0 Å². The first-order valence-electron chi connectivity index (χ1n) is 14.8. The Hall–Kier alpha value is -1.85. The summed E-state index contributed by atoms with van der Waals surface area (Å²) in [6.07, 6.45) is 6.56. The lowest BCUT2D eigenvalue weighted by Crippen LogP contribution is -2.62. The van der Waals surface area contributed by atoms with Gasteiger partial charge in [0.05, 0.1) is 25.9 Å². The van der Waals surface area contributed by atoms with Gasteiger partial charge in [0.2, 0.25) is 5.79 Å². The molecule has 2 N–H and O–H groups in total. The lowest BCUT2D eigenvalue weighted by Gasteiger charge is -2.50. The highest BCUT2D eigenvalue weighted by atomic mass is 28.4. The predicted octanol–water partition coefficient (Wildman–Crippen LogP) is 5.39. The molecular weight excluding hydrogens is 544 g/mol. The molecule has 41 heavy (non-hydrogen) atoms. The summed E-state index contributed by atoms with van der Waals surface area (Å²) in [6, 6.07) is 0. The van der Waals surface area contributed by atoms with Gasteiger partial charge >= 0.3 is 11.9 Å². The van der Waals surface area contributed by atoms with E-state index in [4.69, 9.17) is 18.6 Å². The Balaban J connectivity index is 3.33. The molecule has 0 amide bonds. The van der Waals surface area contributed by atoms with Gasteiger partial charge in [0, 0.05) is 24.3 Å². The summed E-state index contributed by atoms with van der Waals surface area (Å²) in [5.41, 5.74) is -0.934. The van der Waals surface area contributed by atoms with Crippen molar-refractivity contribution in [2.24, 2.45) is 5.41 Å². The summed E-state index contributed by atoms with van der Waals surface area (Å²) in [7, 11) is -0.883. The van der Waals surface area contributed by atoms with Gasteiger partial charge in [0.1, 0.15) is 6.29 Å². The minimum atomic E-state index is -2.16. The number of esters is 2. The number of allylic oxidation sites excluding steroid dienone is 1. The van der Waals surface area contributed by atoms with E-state index in [-0.39, 0.29) is 30.9 Å². The van der Waals surface area contributed by atoms with Gasteiger partial charge in [-0.3, -0.25) is 9.59 Å². The van der Waals surface area contributed by atoms with Crippen molar-refractivity contribution >= 4 is 26.5 Å². The molecule has 236 valence electrons. The van der Waals surface area contributed by atoms with Gasteiger partial charge in [-0.25, -0.2) is 4.79 Å². The summed E-state index contributed by atoms with van der Waals surface area (Å²) in [5, 5.41) is 23.0. The summed E-state index contributed by atoms with van der Waals surface area (Å²) >= 11 is 0. The van der Waals surface area contributed by atoms with Crippen LogP contribution in [0.25, 0.3) is 0 Å². The van der Waals surface area contributed by atoms with Crippen molar-refractivity contribution in [3.63, 3.8) is 0 Å². The summed E-state index contributed by atoms with van der Waals surface area (Å²) < 4.78 is 23.1. The Bertz CT molecular complexity index is 919. The molecule has 0 bridgehead atoms. The molecule has 9 nitrogen and oxygen atoms in total. The maximum absolute atomic E-state index is 12.9. The predicted molar refractivity (Wildman–Crippen MR) is 161 cm³/mol. The first kappa shape index (κ1) is 37.2. The molecule has 1 fully saturated rings. The minimum Gasteiger partial charge on any atom is -0.466 e. The number of aliphatic hydroxyl groups is 2. The van der Waals surface area contributed by atoms with E-state index in [9.17, 15) is 24.6 Å². The van der Waals surface area contributed by atoms with Gasteiger partial charge in [-0.15, -0.1) is 0 Å². The molecule has 10 heteroatoms. The van der Waals surface area contributed by atoms with Crippen LogP contribution in [0.1, 0.15) is 92.9 Å². The number of aldehydes is 1. The molecule has 1 aliphatic rings. The lowest BCUT2D eigenvalue weighted by molar-refractivity contribution is -0.327. The van der Waals surface area contributed by atoms with E-state index in [1.54, 1.807) is 13.8 Å². The second-order valence-electron chi connectivity index (χ2n) is 13.1. The van der Waals surface area contributed by atoms with Crippen LogP contribution >= 0.6 is 0 Å². The zero-order valence-electron chi connectivity index (χ0n) is 26.7. The number of hydrogen-bond acceptors (Lipinski definition) is 9. The highest BCUT2D eigenvalue weighted by Gasteiger charge is 2.57. The molecule has 1 rings (SSSR count). The first-order chi connectivity index (χ1) is 18.9. The van der Waals surface area contributed by atoms with E-state index in [1.807, 2.05) is 0 Å². The lowest BCUT2D eigenvalue weighted by atomic mass is 9.74. The molecule has 0 aromatic carbocycles. The van der Waals surface area contributed by atoms with Gasteiger partial charge in [-0.05, 0) is 42.6 Å². The highest BCUT2D eigenvalue weighted by molar-refractivity contribution is 6.74. The summed E-state index contributed by atoms with van der Waals surface area (Å²) in [6.45, 7) is 16.0. The third kappa shape index (κ3) is 11.1. The van der Waals surface area contributed by atoms with Crippen LogP contribution in [0.2, 0.25) is 18.1 Å². The van der Waals surface area contributed by atoms with Gasteiger partial charge in [0.15, 0.2) is 14.4 Å². The van der Waals surface area contributed by atoms with Crippen LogP contribution in [0, 0.1) is 5.41 Å². The second kappa shape index (κ2) is 16.1. The number of ether oxygens (including phenoxy) is 3. The van der Waals surface area contributed by atoms with Crippen LogP contribution < -0.4 is 0 Å². The quantitative estimate of drug-likeness (QED) is 0.0790. The molecule has 0 unspecified atom stereocenters. The van der Waals surface area contributed by atoms with E-state index < -0.39 is 49.8 Å². The van der Waals surface area contributed by atoms with Crippen LogP contribution in [-0.4, -0.2) is 74.6 Å². The molecular formula is C31H54O9Si. The Morgan fingerprint density at radius 2 is 1.78 bits per heavy atom. The van der Waals surface area contributed by atoms with E-state index in [0.717, 1.165) is 25.7 Å². The topological polar surface area (TPSA) is 129 Å². The van der Waals surface area contributed by atoms with Gasteiger partial charge in [-0.2, -0.15) is 0 Å². The monoisotopic (exact) mass is 598 g/mol. The maximum Gasteiger partial charge on any atom is 0.330 e. The van der Waals surface area contributed by atoms with Crippen LogP contribution in [0.4, 0.5) is 0 Å². The number of carbonyl (C=O) groups is 3. The van der Waals surface area contributed by atoms with Gasteiger partial charge in [0.25, 0.3) is 0 Å². The summed E-state index contributed by atoms with van der Waals surface area (Å²) in [4.78, 5) is 36.5. The molecule has 0 saturated carbocycles. The smallest absolute Gasteiger partial charge is 0.330 e. The van der Waals surface area contributed by atoms with Crippen LogP contribution in [0.15, 0.2) is 23.8 Å². The molecule has 1 saturated heterocycles. The SMILES string of the molecule is CCCCCCCC(=O)O[C@H]1/C(=C/C(=O)OC)C[C@@H](C[C@@H](O)CO[Si](C)(C)C(C)(C)C)O[C@@]1(O)C(C)(C)/C=C/C=O. The molecule has 0 spiro atoms. The fraction of sp³-hybridized carbons (Fsp3) is 0.774. The molecule has 0 radical (unpaired) electrons. The van der Waals surface area contributed by atoms with Crippen molar-refractivity contribution in [2.45, 2.75) is 135 Å². The number of unbranched alkanes of at least 4 members (excludes halogenated alkanes) is 4. The van der Waals surface area contributed by atoms with Crippen LogP contribution in [0.3, 0.4) is 0 Å². The fourth-order valence-corrected chi connectivity index (χ4v) is 5.50. The van der Waals surface area contributed by atoms with E-state index in [0.29, 0.717) is 18.3 Å². The number of aliphatic hydroxyl groups excluding tert-OH is 1. The highest BCUT2D eigenvalue weighted by Crippen LogP contribution is 2.46. The van der Waals surface area contributed by atoms with Crippen molar-refractivity contribution in [2.75, 3.05) is 13.7 Å². The Morgan fingerprint density at radius 1 is 1.15 bits per heavy atom. The van der Waals surface area contributed by atoms with Crippen LogP contribution in [-0.2, 0) is 33.0 Å². The molecule has 0 aromatic heterocycles. The fourth-order valence-electron chi connectivity index (χ4n) is 4.46. The number of rotatable bonds is 16. The number of methoxy groups -OCH3 is 1. The zero-order chi connectivity index (χ0) is 31.5. The zero-order valence-corrected chi connectivity index (χ0v) is 27.7. The number of hydrogen-bond donors (Lipinski definition) is 2. The summed E-state index contributed by atoms with van der Waals surface area (Å²) in [5.74, 6) is -3.36. The molecule has 4 atom stereocenters. The molecule has 1 aliphatic heterocycles. The molecule has 0 aromatic rings. The maximum atomic E-state index is 12.9. The van der Waals surface area contributed by atoms with Gasteiger partial charge < -0.3 is 28.8 Å². The third-order valence-electron chi connectivity index (χ3n) is 8.23. The minimum absolute atomic E-state index is 0.0349. The van der Waals surface area contributed by atoms with Crippen molar-refractivity contribution < 1.29 is 43.2 Å². The average Bonchev–Trinajstić information content (AvgIpc) is 2.87. The van der Waals surface area contributed by atoms with Crippen LogP contribution in [0.5, 0.6) is 0 Å². The van der Waals surface area contributed by atoms with Crippen molar-refractivity contribution in [3.05, 3.63) is 23.8 Å². The van der Waals surface area contributed by atoms with E-state index in [2.05, 4.69) is 40.8 Å². The Labute approximate surface area is 247 Å². The molecule has 0 aliphatic carbocycles. The third-order valence-corrected chi connectivity index (χ3v) is 12.7. The first-order valence-corrected chi connectivity index (χ1v) is 17.7. The Kier molecular flexibility index (Phi) is 14.6. The average molecular weight is 599 g/mol. The largest absolute Gasteiger partial charge is 0.466 e. The van der Waals surface area contributed by atoms with Crippen molar-refractivity contribution in [1.82, 2.24) is 0 Å². The van der Waals surface area contributed by atoms with Crippen molar-refractivity contribution in [3.8, 4) is 0 Å². The second-order valence-corrected chi connectivity index (χ2v) is 17.9. The number of carbonyl (C=O) groups excluding carboxylic acids is 3. The Morgan fingerprint density at radius 3 is 2.34 bits per heavy atom.